The zero-order valence-electron chi connectivity index (χ0n) is 14.0. The molecule has 0 saturated heterocycles. The molecule has 0 fully saturated rings. The Balaban J connectivity index is 2.23. The highest BCUT2D eigenvalue weighted by molar-refractivity contribution is 9.10. The van der Waals surface area contributed by atoms with Crippen LogP contribution in [0.2, 0.25) is 0 Å². The molecule has 0 radical (unpaired) electrons. The maximum absolute atomic E-state index is 11.6. The minimum absolute atomic E-state index is 0.271. The molecule has 0 unspecified atom stereocenters. The molecule has 0 aromatic heterocycles. The average Bonchev–Trinajstić information content (AvgIpc) is 2.60. The first-order valence-corrected chi connectivity index (χ1v) is 8.44. The fourth-order valence-electron chi connectivity index (χ4n) is 2.24. The van der Waals surface area contributed by atoms with E-state index in [1.807, 2.05) is 36.4 Å². The van der Waals surface area contributed by atoms with Crippen LogP contribution in [0.15, 0.2) is 40.9 Å². The molecular formula is C18H21BrN2O3. The predicted octanol–water partition coefficient (Wildman–Crippen LogP) is 4.35. The SMILES string of the molecule is CCc1ccc(OCc2c(NC(=O)NC)cccc2OC)c(Br)c1. The summed E-state index contributed by atoms with van der Waals surface area (Å²) in [6.07, 6.45) is 0.964. The third-order valence-corrected chi connectivity index (χ3v) is 4.22. The fraction of sp³-hybridized carbons (Fsp3) is 0.278. The van der Waals surface area contributed by atoms with Gasteiger partial charge in [0.2, 0.25) is 0 Å². The van der Waals surface area contributed by atoms with Crippen LogP contribution in [0.25, 0.3) is 0 Å². The van der Waals surface area contributed by atoms with Gasteiger partial charge in [0.15, 0.2) is 0 Å². The zero-order valence-corrected chi connectivity index (χ0v) is 15.6. The molecule has 6 heteroatoms. The number of hydrogen-bond acceptors (Lipinski definition) is 3. The molecule has 2 N–H and O–H groups in total. The Bertz CT molecular complexity index is 719. The number of nitrogens with one attached hydrogen (secondary N) is 2. The molecule has 2 aromatic carbocycles. The van der Waals surface area contributed by atoms with Gasteiger partial charge in [-0.1, -0.05) is 19.1 Å². The predicted molar refractivity (Wildman–Crippen MR) is 98.9 cm³/mol. The van der Waals surface area contributed by atoms with Crippen molar-refractivity contribution < 1.29 is 14.3 Å². The van der Waals surface area contributed by atoms with Crippen LogP contribution in [0.4, 0.5) is 10.5 Å². The largest absolute Gasteiger partial charge is 0.496 e. The number of rotatable bonds is 6. The summed E-state index contributed by atoms with van der Waals surface area (Å²) in [6, 6.07) is 11.2. The second-order valence-corrected chi connectivity index (χ2v) is 5.95. The summed E-state index contributed by atoms with van der Waals surface area (Å²) in [5.41, 5.74) is 2.65. The molecule has 0 atom stereocenters. The molecule has 0 aliphatic heterocycles. The topological polar surface area (TPSA) is 59.6 Å². The number of amides is 2. The van der Waals surface area contributed by atoms with Gasteiger partial charge in [-0.15, -0.1) is 0 Å². The van der Waals surface area contributed by atoms with Crippen molar-refractivity contribution in [1.29, 1.82) is 0 Å². The number of carbonyl (C=O) groups excluding carboxylic acids is 1. The van der Waals surface area contributed by atoms with E-state index in [0.717, 1.165) is 22.2 Å². The van der Waals surface area contributed by atoms with E-state index in [9.17, 15) is 4.79 Å². The van der Waals surface area contributed by atoms with Gasteiger partial charge in [0.25, 0.3) is 0 Å². The third kappa shape index (κ3) is 4.41. The van der Waals surface area contributed by atoms with Crippen molar-refractivity contribution >= 4 is 27.6 Å². The van der Waals surface area contributed by atoms with Gasteiger partial charge in [0.05, 0.1) is 22.8 Å². The lowest BCUT2D eigenvalue weighted by Gasteiger charge is -2.16. The normalized spacial score (nSPS) is 10.2. The Kier molecular flexibility index (Phi) is 6.49. The first-order valence-electron chi connectivity index (χ1n) is 7.64. The maximum atomic E-state index is 11.6. The first-order chi connectivity index (χ1) is 11.6. The van der Waals surface area contributed by atoms with E-state index in [2.05, 4.69) is 33.5 Å². The number of anilines is 1. The summed E-state index contributed by atoms with van der Waals surface area (Å²) in [6.45, 7) is 2.38. The summed E-state index contributed by atoms with van der Waals surface area (Å²) < 4.78 is 12.2. The van der Waals surface area contributed by atoms with Gasteiger partial charge in [-0.3, -0.25) is 0 Å². The fourth-order valence-corrected chi connectivity index (χ4v) is 2.78. The summed E-state index contributed by atoms with van der Waals surface area (Å²) in [5.74, 6) is 1.40. The van der Waals surface area contributed by atoms with E-state index in [0.29, 0.717) is 11.4 Å². The molecule has 128 valence electrons. The summed E-state index contributed by atoms with van der Waals surface area (Å²) in [7, 11) is 3.16. The van der Waals surface area contributed by atoms with E-state index in [4.69, 9.17) is 9.47 Å². The van der Waals surface area contributed by atoms with Gasteiger partial charge in [0, 0.05) is 7.05 Å². The van der Waals surface area contributed by atoms with Gasteiger partial charge in [-0.2, -0.15) is 0 Å². The maximum Gasteiger partial charge on any atom is 0.318 e. The lowest BCUT2D eigenvalue weighted by molar-refractivity contribution is 0.254. The van der Waals surface area contributed by atoms with Gasteiger partial charge in [0.1, 0.15) is 18.1 Å². The molecule has 2 amide bonds. The standard InChI is InChI=1S/C18H21BrN2O3/c1-4-12-8-9-17(14(19)10-12)24-11-13-15(21-18(22)20-2)6-5-7-16(13)23-3/h5-10H,4,11H2,1-3H3,(H2,20,21,22). The van der Waals surface area contributed by atoms with Crippen LogP contribution in [0.1, 0.15) is 18.1 Å². The van der Waals surface area contributed by atoms with Crippen LogP contribution in [-0.2, 0) is 13.0 Å². The summed E-state index contributed by atoms with van der Waals surface area (Å²) in [5, 5.41) is 5.32. The molecule has 0 spiro atoms. The highest BCUT2D eigenvalue weighted by Crippen LogP contribution is 2.31. The minimum Gasteiger partial charge on any atom is -0.496 e. The Morgan fingerprint density at radius 3 is 2.62 bits per heavy atom. The van der Waals surface area contributed by atoms with Crippen molar-refractivity contribution in [2.75, 3.05) is 19.5 Å². The molecule has 2 aromatic rings. The number of urea groups is 1. The molecule has 0 aliphatic rings. The number of halogens is 1. The average molecular weight is 393 g/mol. The van der Waals surface area contributed by atoms with Crippen LogP contribution in [0.3, 0.4) is 0 Å². The Morgan fingerprint density at radius 2 is 2.00 bits per heavy atom. The second-order valence-electron chi connectivity index (χ2n) is 5.10. The van der Waals surface area contributed by atoms with Crippen molar-refractivity contribution in [2.24, 2.45) is 0 Å². The number of hydrogen-bond donors (Lipinski definition) is 2. The van der Waals surface area contributed by atoms with Gasteiger partial charge in [-0.25, -0.2) is 4.79 Å². The Hall–Kier alpha value is -2.21. The number of benzene rings is 2. The van der Waals surface area contributed by atoms with E-state index in [-0.39, 0.29) is 12.6 Å². The van der Waals surface area contributed by atoms with Crippen molar-refractivity contribution in [3.8, 4) is 11.5 Å². The molecule has 0 heterocycles. The van der Waals surface area contributed by atoms with Crippen LogP contribution in [0.5, 0.6) is 11.5 Å². The van der Waals surface area contributed by atoms with Crippen LogP contribution < -0.4 is 20.1 Å². The van der Waals surface area contributed by atoms with Crippen molar-refractivity contribution in [3.05, 3.63) is 52.0 Å². The van der Waals surface area contributed by atoms with E-state index in [1.54, 1.807) is 14.2 Å². The van der Waals surface area contributed by atoms with Gasteiger partial charge in [-0.05, 0) is 52.2 Å². The monoisotopic (exact) mass is 392 g/mol. The quantitative estimate of drug-likeness (QED) is 0.767. The zero-order chi connectivity index (χ0) is 17.5. The third-order valence-electron chi connectivity index (χ3n) is 3.60. The van der Waals surface area contributed by atoms with Crippen LogP contribution in [0, 0.1) is 0 Å². The summed E-state index contributed by atoms with van der Waals surface area (Å²) >= 11 is 3.53. The minimum atomic E-state index is -0.294. The molecule has 2 rings (SSSR count). The number of ether oxygens (including phenoxy) is 2. The Labute approximate surface area is 150 Å². The lowest BCUT2D eigenvalue weighted by Crippen LogP contribution is -2.25. The highest BCUT2D eigenvalue weighted by atomic mass is 79.9. The molecule has 0 saturated carbocycles. The van der Waals surface area contributed by atoms with Crippen molar-refractivity contribution in [1.82, 2.24) is 5.32 Å². The second kappa shape index (κ2) is 8.59. The van der Waals surface area contributed by atoms with E-state index in [1.165, 1.54) is 5.56 Å². The highest BCUT2D eigenvalue weighted by Gasteiger charge is 2.13. The van der Waals surface area contributed by atoms with Crippen LogP contribution >= 0.6 is 15.9 Å². The van der Waals surface area contributed by atoms with E-state index >= 15 is 0 Å². The van der Waals surface area contributed by atoms with Crippen LogP contribution in [-0.4, -0.2) is 20.2 Å². The lowest BCUT2D eigenvalue weighted by atomic mass is 10.1. The van der Waals surface area contributed by atoms with Gasteiger partial charge < -0.3 is 20.1 Å². The van der Waals surface area contributed by atoms with Gasteiger partial charge >= 0.3 is 6.03 Å². The molecule has 5 nitrogen and oxygen atoms in total. The first kappa shape index (κ1) is 18.1. The Morgan fingerprint density at radius 1 is 1.21 bits per heavy atom. The summed E-state index contributed by atoms with van der Waals surface area (Å²) in [4.78, 5) is 11.6. The van der Waals surface area contributed by atoms with Crippen molar-refractivity contribution in [2.45, 2.75) is 20.0 Å². The van der Waals surface area contributed by atoms with Crippen molar-refractivity contribution in [3.63, 3.8) is 0 Å². The molecular weight excluding hydrogens is 372 g/mol. The molecule has 0 aliphatic carbocycles. The number of methoxy groups -OCH3 is 1. The smallest absolute Gasteiger partial charge is 0.318 e. The molecule has 24 heavy (non-hydrogen) atoms. The number of carbonyl (C=O) groups is 1. The molecule has 0 bridgehead atoms. The number of aryl methyl sites for hydroxylation is 1. The van der Waals surface area contributed by atoms with E-state index < -0.39 is 0 Å².